The van der Waals surface area contributed by atoms with Crippen LogP contribution >= 0.6 is 11.6 Å². The van der Waals surface area contributed by atoms with Crippen molar-refractivity contribution in [3.63, 3.8) is 0 Å². The fourth-order valence-corrected chi connectivity index (χ4v) is 1.70. The molecular formula is C12H7ClF4N2O. The van der Waals surface area contributed by atoms with Crippen LogP contribution in [0.15, 0.2) is 24.3 Å². The van der Waals surface area contributed by atoms with Gasteiger partial charge in [-0.3, -0.25) is 0 Å². The van der Waals surface area contributed by atoms with Crippen molar-refractivity contribution in [3.8, 4) is 17.0 Å². The number of hydrogen-bond donors (Lipinski definition) is 0. The second-order valence-corrected chi connectivity index (χ2v) is 4.13. The maximum absolute atomic E-state index is 13.5. The Kier molecular flexibility index (Phi) is 3.80. The minimum absolute atomic E-state index is 0.0232. The molecule has 0 atom stereocenters. The summed E-state index contributed by atoms with van der Waals surface area (Å²) >= 11 is 5.53. The average molecular weight is 307 g/mol. The van der Waals surface area contributed by atoms with Gasteiger partial charge in [-0.1, -0.05) is 11.6 Å². The number of methoxy groups -OCH3 is 1. The summed E-state index contributed by atoms with van der Waals surface area (Å²) in [6, 6.07) is 4.80. The van der Waals surface area contributed by atoms with Gasteiger partial charge < -0.3 is 4.74 Å². The molecule has 0 aliphatic rings. The number of ether oxygens (including phenoxy) is 1. The summed E-state index contributed by atoms with van der Waals surface area (Å²) in [4.78, 5) is 6.44. The van der Waals surface area contributed by atoms with Crippen LogP contribution in [0, 0.1) is 5.82 Å². The van der Waals surface area contributed by atoms with E-state index in [9.17, 15) is 17.6 Å². The molecule has 0 unspecified atom stereocenters. The van der Waals surface area contributed by atoms with Crippen molar-refractivity contribution in [1.82, 2.24) is 9.97 Å². The summed E-state index contributed by atoms with van der Waals surface area (Å²) in [7, 11) is 1.28. The summed E-state index contributed by atoms with van der Waals surface area (Å²) in [5.41, 5.74) is 0.0111. The van der Waals surface area contributed by atoms with Gasteiger partial charge in [-0.25, -0.2) is 14.4 Å². The standard InChI is InChI=1S/C12H7ClF4N2O/c1-20-9-3-2-6(4-7(9)14)8-5-10(13)19-11(18-8)12(15,16)17/h2-5H,1H3. The minimum Gasteiger partial charge on any atom is -0.494 e. The summed E-state index contributed by atoms with van der Waals surface area (Å²) in [5, 5.41) is -0.376. The van der Waals surface area contributed by atoms with Crippen LogP contribution < -0.4 is 4.74 Å². The van der Waals surface area contributed by atoms with Crippen molar-refractivity contribution < 1.29 is 22.3 Å². The van der Waals surface area contributed by atoms with Crippen molar-refractivity contribution >= 4 is 11.6 Å². The van der Waals surface area contributed by atoms with Gasteiger partial charge in [-0.05, 0) is 18.2 Å². The van der Waals surface area contributed by atoms with E-state index in [2.05, 4.69) is 9.97 Å². The van der Waals surface area contributed by atoms with Gasteiger partial charge in [0.25, 0.3) is 0 Å². The lowest BCUT2D eigenvalue weighted by atomic mass is 10.1. The Morgan fingerprint density at radius 3 is 2.40 bits per heavy atom. The first kappa shape index (κ1) is 14.5. The van der Waals surface area contributed by atoms with Gasteiger partial charge in [0.15, 0.2) is 11.6 Å². The molecule has 20 heavy (non-hydrogen) atoms. The molecule has 1 aromatic carbocycles. The van der Waals surface area contributed by atoms with Gasteiger partial charge >= 0.3 is 6.18 Å². The van der Waals surface area contributed by atoms with E-state index in [-0.39, 0.29) is 22.2 Å². The molecule has 0 saturated heterocycles. The number of alkyl halides is 3. The third-order valence-electron chi connectivity index (χ3n) is 2.40. The molecule has 2 rings (SSSR count). The SMILES string of the molecule is COc1ccc(-c2cc(Cl)nc(C(F)(F)F)n2)cc1F. The van der Waals surface area contributed by atoms with Crippen LogP contribution in [0.3, 0.4) is 0 Å². The lowest BCUT2D eigenvalue weighted by molar-refractivity contribution is -0.144. The highest BCUT2D eigenvalue weighted by atomic mass is 35.5. The van der Waals surface area contributed by atoms with Crippen LogP contribution in [0.25, 0.3) is 11.3 Å². The molecule has 0 spiro atoms. The Balaban J connectivity index is 2.53. The Hall–Kier alpha value is -1.89. The normalized spacial score (nSPS) is 11.5. The molecule has 0 N–H and O–H groups in total. The van der Waals surface area contributed by atoms with E-state index < -0.39 is 17.8 Å². The number of rotatable bonds is 2. The molecule has 3 nitrogen and oxygen atoms in total. The van der Waals surface area contributed by atoms with E-state index in [1.165, 1.54) is 19.2 Å². The Morgan fingerprint density at radius 1 is 1.15 bits per heavy atom. The van der Waals surface area contributed by atoms with Gasteiger partial charge in [0.1, 0.15) is 5.15 Å². The van der Waals surface area contributed by atoms with Gasteiger partial charge in [-0.2, -0.15) is 13.2 Å². The molecule has 0 fully saturated rings. The quantitative estimate of drug-likeness (QED) is 0.622. The number of nitrogens with zero attached hydrogens (tertiary/aromatic N) is 2. The Bertz CT molecular complexity index is 646. The summed E-state index contributed by atoms with van der Waals surface area (Å²) in [6.07, 6.45) is -4.73. The van der Waals surface area contributed by atoms with Crippen LogP contribution in [0.5, 0.6) is 5.75 Å². The van der Waals surface area contributed by atoms with Crippen molar-refractivity contribution in [2.24, 2.45) is 0 Å². The zero-order valence-electron chi connectivity index (χ0n) is 10.0. The lowest BCUT2D eigenvalue weighted by Gasteiger charge is -2.09. The summed E-state index contributed by atoms with van der Waals surface area (Å²) in [6.45, 7) is 0. The highest BCUT2D eigenvalue weighted by Crippen LogP contribution is 2.31. The third kappa shape index (κ3) is 2.98. The molecule has 106 valence electrons. The zero-order valence-corrected chi connectivity index (χ0v) is 10.8. The summed E-state index contributed by atoms with van der Waals surface area (Å²) in [5.74, 6) is -2.12. The molecule has 0 aliphatic heterocycles. The predicted octanol–water partition coefficient (Wildman–Crippen LogP) is 3.96. The van der Waals surface area contributed by atoms with Crippen LogP contribution in [0.1, 0.15) is 5.82 Å². The first-order valence-electron chi connectivity index (χ1n) is 5.27. The number of hydrogen-bond acceptors (Lipinski definition) is 3. The Labute approximate surface area is 116 Å². The highest BCUT2D eigenvalue weighted by Gasteiger charge is 2.35. The predicted molar refractivity (Wildman–Crippen MR) is 64.0 cm³/mol. The molecule has 0 saturated carbocycles. The van der Waals surface area contributed by atoms with E-state index in [1.54, 1.807) is 0 Å². The molecule has 0 bridgehead atoms. The van der Waals surface area contributed by atoms with E-state index in [0.29, 0.717) is 0 Å². The topological polar surface area (TPSA) is 35.0 Å². The van der Waals surface area contributed by atoms with Crippen LogP contribution in [0.4, 0.5) is 17.6 Å². The molecule has 0 amide bonds. The van der Waals surface area contributed by atoms with Crippen molar-refractivity contribution in [3.05, 3.63) is 41.1 Å². The zero-order chi connectivity index (χ0) is 14.9. The second-order valence-electron chi connectivity index (χ2n) is 3.75. The van der Waals surface area contributed by atoms with Crippen LogP contribution in [-0.4, -0.2) is 17.1 Å². The van der Waals surface area contributed by atoms with Gasteiger partial charge in [0.2, 0.25) is 5.82 Å². The van der Waals surface area contributed by atoms with Crippen molar-refractivity contribution in [1.29, 1.82) is 0 Å². The fourth-order valence-electron chi connectivity index (χ4n) is 1.52. The van der Waals surface area contributed by atoms with Crippen molar-refractivity contribution in [2.75, 3.05) is 7.11 Å². The summed E-state index contributed by atoms with van der Waals surface area (Å²) < 4.78 is 56.0. The van der Waals surface area contributed by atoms with Gasteiger partial charge in [-0.15, -0.1) is 0 Å². The monoisotopic (exact) mass is 306 g/mol. The van der Waals surface area contributed by atoms with E-state index in [4.69, 9.17) is 16.3 Å². The van der Waals surface area contributed by atoms with E-state index in [0.717, 1.165) is 12.1 Å². The molecule has 0 radical (unpaired) electrons. The first-order chi connectivity index (χ1) is 9.31. The first-order valence-corrected chi connectivity index (χ1v) is 5.65. The molecular weight excluding hydrogens is 300 g/mol. The van der Waals surface area contributed by atoms with E-state index in [1.807, 2.05) is 0 Å². The number of benzene rings is 1. The fraction of sp³-hybridized carbons (Fsp3) is 0.167. The smallest absolute Gasteiger partial charge is 0.451 e. The maximum atomic E-state index is 13.5. The van der Waals surface area contributed by atoms with Crippen LogP contribution in [-0.2, 0) is 6.18 Å². The van der Waals surface area contributed by atoms with Crippen molar-refractivity contribution in [2.45, 2.75) is 6.18 Å². The van der Waals surface area contributed by atoms with Crippen LogP contribution in [0.2, 0.25) is 5.15 Å². The highest BCUT2D eigenvalue weighted by molar-refractivity contribution is 6.29. The number of halogens is 5. The molecule has 2 aromatic rings. The molecule has 1 aromatic heterocycles. The third-order valence-corrected chi connectivity index (χ3v) is 2.59. The van der Waals surface area contributed by atoms with Gasteiger partial charge in [0.05, 0.1) is 12.8 Å². The minimum atomic E-state index is -4.73. The average Bonchev–Trinajstić information content (AvgIpc) is 2.37. The molecule has 8 heteroatoms. The molecule has 1 heterocycles. The maximum Gasteiger partial charge on any atom is 0.451 e. The largest absolute Gasteiger partial charge is 0.494 e. The van der Waals surface area contributed by atoms with E-state index >= 15 is 0 Å². The lowest BCUT2D eigenvalue weighted by Crippen LogP contribution is -2.11. The second kappa shape index (κ2) is 5.24. The van der Waals surface area contributed by atoms with Gasteiger partial charge in [0, 0.05) is 11.6 Å². The molecule has 0 aliphatic carbocycles. The number of aromatic nitrogens is 2. The Morgan fingerprint density at radius 2 is 1.85 bits per heavy atom.